The molecule has 0 aliphatic rings. The van der Waals surface area contributed by atoms with Crippen molar-refractivity contribution in [3.63, 3.8) is 0 Å². The van der Waals surface area contributed by atoms with Crippen molar-refractivity contribution in [2.24, 2.45) is 0 Å². The predicted octanol–water partition coefficient (Wildman–Crippen LogP) is 4.31. The molecule has 0 fully saturated rings. The van der Waals surface area contributed by atoms with Crippen LogP contribution in [0.4, 0.5) is 0 Å². The lowest BCUT2D eigenvalue weighted by Gasteiger charge is -2.13. The Morgan fingerprint density at radius 3 is 2.18 bits per heavy atom. The summed E-state index contributed by atoms with van der Waals surface area (Å²) in [4.78, 5) is 0.175. The zero-order valence-electron chi connectivity index (χ0n) is 12.1. The van der Waals surface area contributed by atoms with Gasteiger partial charge in [0.1, 0.15) is 0 Å². The van der Waals surface area contributed by atoms with Crippen molar-refractivity contribution in [2.75, 3.05) is 0 Å². The molecule has 0 radical (unpaired) electrons. The summed E-state index contributed by atoms with van der Waals surface area (Å²) in [6.07, 6.45) is -0.530. The third kappa shape index (κ3) is 3.03. The number of hydrogen-bond donors (Lipinski definition) is 0. The summed E-state index contributed by atoms with van der Waals surface area (Å²) in [5.74, 6) is 0. The molecule has 0 saturated heterocycles. The van der Waals surface area contributed by atoms with Gasteiger partial charge in [-0.25, -0.2) is 0 Å². The highest BCUT2D eigenvalue weighted by Crippen LogP contribution is 2.25. The van der Waals surface area contributed by atoms with E-state index in [0.29, 0.717) is 0 Å². The second kappa shape index (κ2) is 5.91. The smallest absolute Gasteiger partial charge is 0.258 e. The van der Waals surface area contributed by atoms with E-state index in [1.165, 1.54) is 0 Å². The van der Waals surface area contributed by atoms with E-state index in [-0.39, 0.29) is 4.90 Å². The van der Waals surface area contributed by atoms with E-state index < -0.39 is 16.2 Å². The molecule has 22 heavy (non-hydrogen) atoms. The maximum absolute atomic E-state index is 12.4. The van der Waals surface area contributed by atoms with Crippen molar-refractivity contribution >= 4 is 20.9 Å². The Labute approximate surface area is 130 Å². The van der Waals surface area contributed by atoms with Gasteiger partial charge in [0.25, 0.3) is 10.1 Å². The third-order valence-corrected chi connectivity index (χ3v) is 4.92. The highest BCUT2D eigenvalue weighted by atomic mass is 32.2. The zero-order valence-corrected chi connectivity index (χ0v) is 13.0. The average molecular weight is 312 g/mol. The topological polar surface area (TPSA) is 43.4 Å². The fraction of sp³-hybridized carbons (Fsp3) is 0.111. The van der Waals surface area contributed by atoms with E-state index in [0.717, 1.165) is 16.3 Å². The van der Waals surface area contributed by atoms with Crippen LogP contribution in [-0.4, -0.2) is 8.42 Å². The van der Waals surface area contributed by atoms with Crippen LogP contribution in [0.15, 0.2) is 77.7 Å². The molecule has 4 heteroatoms. The summed E-state index contributed by atoms with van der Waals surface area (Å²) in [7, 11) is -3.80. The van der Waals surface area contributed by atoms with Gasteiger partial charge in [-0.2, -0.15) is 8.42 Å². The summed E-state index contributed by atoms with van der Waals surface area (Å²) in [6.45, 7) is 1.73. The molecule has 1 unspecified atom stereocenters. The molecule has 112 valence electrons. The molecular formula is C18H16O3S. The normalized spacial score (nSPS) is 13.1. The van der Waals surface area contributed by atoms with Crippen LogP contribution >= 0.6 is 0 Å². The van der Waals surface area contributed by atoms with E-state index in [1.807, 2.05) is 54.6 Å². The van der Waals surface area contributed by atoms with Gasteiger partial charge in [-0.1, -0.05) is 60.7 Å². The fourth-order valence-corrected chi connectivity index (χ4v) is 3.46. The Bertz CT molecular complexity index is 886. The summed E-state index contributed by atoms with van der Waals surface area (Å²) in [5.41, 5.74) is 0.826. The van der Waals surface area contributed by atoms with Gasteiger partial charge in [0.2, 0.25) is 0 Å². The number of hydrogen-bond acceptors (Lipinski definition) is 3. The lowest BCUT2D eigenvalue weighted by Crippen LogP contribution is -2.10. The van der Waals surface area contributed by atoms with Crippen LogP contribution < -0.4 is 0 Å². The van der Waals surface area contributed by atoms with Gasteiger partial charge in [-0.05, 0) is 35.4 Å². The predicted molar refractivity (Wildman–Crippen MR) is 87.1 cm³/mol. The largest absolute Gasteiger partial charge is 0.297 e. The molecule has 3 nitrogen and oxygen atoms in total. The molecular weight excluding hydrogens is 296 g/mol. The number of rotatable bonds is 4. The van der Waals surface area contributed by atoms with Gasteiger partial charge in [0, 0.05) is 0 Å². The molecule has 0 N–H and O–H groups in total. The van der Waals surface area contributed by atoms with Gasteiger partial charge < -0.3 is 0 Å². The summed E-state index contributed by atoms with van der Waals surface area (Å²) in [5, 5.41) is 1.87. The van der Waals surface area contributed by atoms with E-state index in [2.05, 4.69) is 0 Å². The SMILES string of the molecule is CC(OS(=O)(=O)c1ccc2ccccc2c1)c1ccccc1. The Morgan fingerprint density at radius 1 is 0.818 bits per heavy atom. The molecule has 3 aromatic rings. The standard InChI is InChI=1S/C18H16O3S/c1-14(15-7-3-2-4-8-15)21-22(19,20)18-12-11-16-9-5-6-10-17(16)13-18/h2-14H,1H3. The third-order valence-electron chi connectivity index (χ3n) is 3.55. The summed E-state index contributed by atoms with van der Waals surface area (Å²) < 4.78 is 30.2. The Kier molecular flexibility index (Phi) is 3.96. The van der Waals surface area contributed by atoms with Crippen LogP contribution in [0.25, 0.3) is 10.8 Å². The van der Waals surface area contributed by atoms with Crippen LogP contribution in [0.2, 0.25) is 0 Å². The summed E-state index contributed by atoms with van der Waals surface area (Å²) >= 11 is 0. The van der Waals surface area contributed by atoms with Gasteiger partial charge in [-0.3, -0.25) is 4.18 Å². The number of benzene rings is 3. The van der Waals surface area contributed by atoms with Crippen LogP contribution in [0, 0.1) is 0 Å². The molecule has 0 bridgehead atoms. The quantitative estimate of drug-likeness (QED) is 0.674. The van der Waals surface area contributed by atoms with Crippen molar-refractivity contribution in [3.05, 3.63) is 78.4 Å². The molecule has 0 heterocycles. The van der Waals surface area contributed by atoms with Crippen LogP contribution in [0.3, 0.4) is 0 Å². The molecule has 0 aliphatic heterocycles. The molecule has 3 aromatic carbocycles. The van der Waals surface area contributed by atoms with Crippen LogP contribution in [-0.2, 0) is 14.3 Å². The van der Waals surface area contributed by atoms with Gasteiger partial charge >= 0.3 is 0 Å². The Morgan fingerprint density at radius 2 is 1.45 bits per heavy atom. The van der Waals surface area contributed by atoms with Gasteiger partial charge in [0.15, 0.2) is 0 Å². The summed E-state index contributed by atoms with van der Waals surface area (Å²) in [6, 6.07) is 21.9. The Hall–Kier alpha value is -2.17. The molecule has 0 aromatic heterocycles. The van der Waals surface area contributed by atoms with E-state index in [4.69, 9.17) is 4.18 Å². The number of fused-ring (bicyclic) bond motifs is 1. The van der Waals surface area contributed by atoms with Crippen molar-refractivity contribution < 1.29 is 12.6 Å². The molecule has 0 amide bonds. The minimum Gasteiger partial charge on any atom is -0.258 e. The highest BCUT2D eigenvalue weighted by molar-refractivity contribution is 7.86. The zero-order chi connectivity index (χ0) is 15.6. The monoisotopic (exact) mass is 312 g/mol. The van der Waals surface area contributed by atoms with E-state index >= 15 is 0 Å². The van der Waals surface area contributed by atoms with Gasteiger partial charge in [-0.15, -0.1) is 0 Å². The lowest BCUT2D eigenvalue weighted by molar-refractivity contribution is 0.234. The van der Waals surface area contributed by atoms with Crippen LogP contribution in [0.5, 0.6) is 0 Å². The second-order valence-corrected chi connectivity index (χ2v) is 6.68. The van der Waals surface area contributed by atoms with Crippen molar-refractivity contribution in [1.82, 2.24) is 0 Å². The van der Waals surface area contributed by atoms with Crippen molar-refractivity contribution in [1.29, 1.82) is 0 Å². The first-order valence-electron chi connectivity index (χ1n) is 7.03. The highest BCUT2D eigenvalue weighted by Gasteiger charge is 2.20. The Balaban J connectivity index is 1.91. The molecule has 0 spiro atoms. The first-order chi connectivity index (χ1) is 10.6. The van der Waals surface area contributed by atoms with Crippen molar-refractivity contribution in [2.45, 2.75) is 17.9 Å². The molecule has 3 rings (SSSR count). The maximum Gasteiger partial charge on any atom is 0.297 e. The van der Waals surface area contributed by atoms with Crippen molar-refractivity contribution in [3.8, 4) is 0 Å². The fourth-order valence-electron chi connectivity index (χ4n) is 2.35. The van der Waals surface area contributed by atoms with E-state index in [9.17, 15) is 8.42 Å². The first kappa shape index (κ1) is 14.8. The van der Waals surface area contributed by atoms with Crippen LogP contribution in [0.1, 0.15) is 18.6 Å². The first-order valence-corrected chi connectivity index (χ1v) is 8.44. The maximum atomic E-state index is 12.4. The second-order valence-electron chi connectivity index (χ2n) is 5.11. The average Bonchev–Trinajstić information content (AvgIpc) is 2.55. The molecule has 0 aliphatic carbocycles. The van der Waals surface area contributed by atoms with E-state index in [1.54, 1.807) is 25.1 Å². The van der Waals surface area contributed by atoms with Gasteiger partial charge in [0.05, 0.1) is 11.0 Å². The molecule has 0 saturated carbocycles. The minimum absolute atomic E-state index is 0.175. The molecule has 1 atom stereocenters. The minimum atomic E-state index is -3.80. The lowest BCUT2D eigenvalue weighted by atomic mass is 10.1.